The van der Waals surface area contributed by atoms with Gasteiger partial charge in [-0.05, 0) is 62.6 Å². The highest BCUT2D eigenvalue weighted by Crippen LogP contribution is 2.34. The zero-order valence-corrected chi connectivity index (χ0v) is 21.9. The highest BCUT2D eigenvalue weighted by atomic mass is 35.5. The molecule has 1 fully saturated rings. The number of halogens is 4. The van der Waals surface area contributed by atoms with Crippen molar-refractivity contribution in [3.63, 3.8) is 0 Å². The molecule has 0 saturated carbocycles. The van der Waals surface area contributed by atoms with E-state index in [0.717, 1.165) is 61.5 Å². The first-order valence-corrected chi connectivity index (χ1v) is 11.1. The number of nitrogens with zero attached hydrogens (tertiary/aromatic N) is 6. The molecule has 1 aromatic carbocycles. The first-order valence-electron chi connectivity index (χ1n) is 10.7. The Morgan fingerprint density at radius 2 is 1.73 bits per heavy atom. The van der Waals surface area contributed by atoms with Crippen molar-refractivity contribution in [3.05, 3.63) is 64.8 Å². The number of anilines is 1. The van der Waals surface area contributed by atoms with Gasteiger partial charge in [-0.1, -0.05) is 17.7 Å². The standard InChI is InChI=1S/C23H27ClN6.3ClH/c1-16(2)29-14-18-13-19(24)6-7-20(18)30-22(15-29)26-27-23(30)17-8-11-28(12-9-17)21-5-3-4-10-25-21;;;/h3-7,10,13,16-17H,8-9,11-12,14-15H2,1-2H3;3*1H. The van der Waals surface area contributed by atoms with Crippen molar-refractivity contribution in [2.45, 2.75) is 51.7 Å². The Kier molecular flexibility index (Phi) is 9.82. The summed E-state index contributed by atoms with van der Waals surface area (Å²) in [6, 6.07) is 12.7. The Morgan fingerprint density at radius 1 is 0.970 bits per heavy atom. The molecule has 0 atom stereocenters. The molecule has 0 radical (unpaired) electrons. The topological polar surface area (TPSA) is 50.1 Å². The van der Waals surface area contributed by atoms with Crippen LogP contribution >= 0.6 is 48.8 Å². The van der Waals surface area contributed by atoms with Crippen LogP contribution in [0.5, 0.6) is 0 Å². The van der Waals surface area contributed by atoms with Crippen molar-refractivity contribution in [1.82, 2.24) is 24.6 Å². The van der Waals surface area contributed by atoms with Gasteiger partial charge >= 0.3 is 0 Å². The highest BCUT2D eigenvalue weighted by molar-refractivity contribution is 6.30. The monoisotopic (exact) mass is 530 g/mol. The second-order valence-electron chi connectivity index (χ2n) is 8.53. The molecule has 0 unspecified atom stereocenters. The summed E-state index contributed by atoms with van der Waals surface area (Å²) in [6.45, 7) is 8.08. The van der Waals surface area contributed by atoms with E-state index in [9.17, 15) is 0 Å². The summed E-state index contributed by atoms with van der Waals surface area (Å²) in [5.41, 5.74) is 2.41. The fraction of sp³-hybridized carbons (Fsp3) is 0.435. The van der Waals surface area contributed by atoms with Crippen LogP contribution in [0.4, 0.5) is 5.82 Å². The molecular formula is C23H30Cl4N6. The van der Waals surface area contributed by atoms with Crippen molar-refractivity contribution >= 4 is 54.6 Å². The Bertz CT molecular complexity index is 1030. The van der Waals surface area contributed by atoms with E-state index in [1.54, 1.807) is 0 Å². The van der Waals surface area contributed by atoms with Crippen LogP contribution in [0.25, 0.3) is 5.69 Å². The minimum absolute atomic E-state index is 0. The average molecular weight is 532 g/mol. The summed E-state index contributed by atoms with van der Waals surface area (Å²) >= 11 is 6.35. The zero-order chi connectivity index (χ0) is 20.7. The number of pyridine rings is 1. The Balaban J connectivity index is 0.00000128. The van der Waals surface area contributed by atoms with E-state index in [2.05, 4.69) is 62.6 Å². The maximum Gasteiger partial charge on any atom is 0.151 e. The van der Waals surface area contributed by atoms with Crippen LogP contribution in [0.1, 0.15) is 49.8 Å². The first kappa shape index (κ1) is 27.7. The van der Waals surface area contributed by atoms with Gasteiger partial charge in [-0.3, -0.25) is 9.47 Å². The highest BCUT2D eigenvalue weighted by Gasteiger charge is 2.30. The molecule has 2 aliphatic rings. The summed E-state index contributed by atoms with van der Waals surface area (Å²) in [6.07, 6.45) is 3.96. The van der Waals surface area contributed by atoms with Gasteiger partial charge in [0.15, 0.2) is 5.82 Å². The van der Waals surface area contributed by atoms with Crippen molar-refractivity contribution in [3.8, 4) is 5.69 Å². The Morgan fingerprint density at radius 3 is 2.39 bits per heavy atom. The van der Waals surface area contributed by atoms with E-state index >= 15 is 0 Å². The van der Waals surface area contributed by atoms with Crippen molar-refractivity contribution in [2.24, 2.45) is 0 Å². The van der Waals surface area contributed by atoms with Crippen LogP contribution in [0.3, 0.4) is 0 Å². The smallest absolute Gasteiger partial charge is 0.151 e. The van der Waals surface area contributed by atoms with Gasteiger partial charge < -0.3 is 4.90 Å². The maximum absolute atomic E-state index is 6.35. The van der Waals surface area contributed by atoms with Crippen LogP contribution in [0, 0.1) is 0 Å². The van der Waals surface area contributed by atoms with Gasteiger partial charge in [-0.25, -0.2) is 4.98 Å². The van der Waals surface area contributed by atoms with Gasteiger partial charge in [0, 0.05) is 42.8 Å². The molecular weight excluding hydrogens is 502 g/mol. The van der Waals surface area contributed by atoms with Crippen LogP contribution in [-0.4, -0.2) is 43.8 Å². The van der Waals surface area contributed by atoms with E-state index in [0.29, 0.717) is 12.0 Å². The second-order valence-corrected chi connectivity index (χ2v) is 8.97. The normalized spacial score (nSPS) is 16.1. The third-order valence-corrected chi connectivity index (χ3v) is 6.55. The van der Waals surface area contributed by atoms with E-state index in [-0.39, 0.29) is 37.2 Å². The SMILES string of the molecule is CC(C)N1Cc2cc(Cl)ccc2-n2c(nnc2C2CCN(c3ccccn3)CC2)C1.Cl.Cl.Cl. The van der Waals surface area contributed by atoms with E-state index < -0.39 is 0 Å². The van der Waals surface area contributed by atoms with Crippen LogP contribution in [0.2, 0.25) is 5.02 Å². The predicted octanol–water partition coefficient (Wildman–Crippen LogP) is 5.69. The Labute approximate surface area is 219 Å². The molecule has 4 heterocycles. The maximum atomic E-state index is 6.35. The van der Waals surface area contributed by atoms with E-state index in [1.165, 1.54) is 11.3 Å². The summed E-state index contributed by atoms with van der Waals surface area (Å²) in [5, 5.41) is 10.1. The molecule has 2 aromatic heterocycles. The van der Waals surface area contributed by atoms with Gasteiger partial charge in [0.25, 0.3) is 0 Å². The predicted molar refractivity (Wildman–Crippen MR) is 141 cm³/mol. The fourth-order valence-corrected chi connectivity index (χ4v) is 4.78. The lowest BCUT2D eigenvalue weighted by atomic mass is 9.95. The molecule has 0 amide bonds. The molecule has 0 bridgehead atoms. The number of fused-ring (bicyclic) bond motifs is 3. The summed E-state index contributed by atoms with van der Waals surface area (Å²) < 4.78 is 2.30. The molecule has 3 aromatic rings. The number of hydrogen-bond donors (Lipinski definition) is 0. The second kappa shape index (κ2) is 11.7. The number of benzene rings is 1. The van der Waals surface area contributed by atoms with Crippen LogP contribution in [0.15, 0.2) is 42.6 Å². The molecule has 0 N–H and O–H groups in total. The number of hydrogen-bond acceptors (Lipinski definition) is 5. The van der Waals surface area contributed by atoms with E-state index in [1.807, 2.05) is 18.3 Å². The third kappa shape index (κ3) is 5.57. The van der Waals surface area contributed by atoms with Crippen molar-refractivity contribution < 1.29 is 0 Å². The van der Waals surface area contributed by atoms with Crippen molar-refractivity contribution in [2.75, 3.05) is 18.0 Å². The molecule has 10 heteroatoms. The minimum Gasteiger partial charge on any atom is -0.357 e. The quantitative estimate of drug-likeness (QED) is 0.434. The molecule has 2 aliphatic heterocycles. The first-order chi connectivity index (χ1) is 14.6. The number of rotatable bonds is 3. The van der Waals surface area contributed by atoms with Gasteiger partial charge in [0.1, 0.15) is 11.6 Å². The van der Waals surface area contributed by atoms with Gasteiger partial charge in [0.2, 0.25) is 0 Å². The molecule has 5 rings (SSSR count). The molecule has 6 nitrogen and oxygen atoms in total. The van der Waals surface area contributed by atoms with Crippen molar-refractivity contribution in [1.29, 1.82) is 0 Å². The molecule has 0 aliphatic carbocycles. The average Bonchev–Trinajstić information content (AvgIpc) is 3.10. The summed E-state index contributed by atoms with van der Waals surface area (Å²) in [7, 11) is 0. The number of piperidine rings is 1. The third-order valence-electron chi connectivity index (χ3n) is 6.32. The Hall–Kier alpha value is -1.57. The molecule has 0 spiro atoms. The van der Waals surface area contributed by atoms with Gasteiger partial charge in [-0.15, -0.1) is 47.4 Å². The van der Waals surface area contributed by atoms with Gasteiger partial charge in [0.05, 0.1) is 12.2 Å². The summed E-state index contributed by atoms with van der Waals surface area (Å²) in [5.74, 6) is 3.55. The van der Waals surface area contributed by atoms with Crippen LogP contribution < -0.4 is 4.90 Å². The lowest BCUT2D eigenvalue weighted by molar-refractivity contribution is 0.201. The molecule has 1 saturated heterocycles. The molecule has 33 heavy (non-hydrogen) atoms. The van der Waals surface area contributed by atoms with E-state index in [4.69, 9.17) is 16.7 Å². The lowest BCUT2D eigenvalue weighted by Crippen LogP contribution is -2.34. The fourth-order valence-electron chi connectivity index (χ4n) is 4.59. The lowest BCUT2D eigenvalue weighted by Gasteiger charge is -2.32. The zero-order valence-electron chi connectivity index (χ0n) is 18.7. The van der Waals surface area contributed by atoms with Crippen LogP contribution in [-0.2, 0) is 13.1 Å². The van der Waals surface area contributed by atoms with Gasteiger partial charge in [-0.2, -0.15) is 0 Å². The number of aromatic nitrogens is 4. The molecule has 180 valence electrons. The largest absolute Gasteiger partial charge is 0.357 e. The minimum atomic E-state index is 0. The summed E-state index contributed by atoms with van der Waals surface area (Å²) in [4.78, 5) is 9.30.